The lowest BCUT2D eigenvalue weighted by Gasteiger charge is -2.36. The van der Waals surface area contributed by atoms with Gasteiger partial charge in [-0.05, 0) is 25.0 Å². The van der Waals surface area contributed by atoms with Crippen LogP contribution in [0.15, 0.2) is 22.8 Å². The predicted molar refractivity (Wildman–Crippen MR) is 72.1 cm³/mol. The van der Waals surface area contributed by atoms with Crippen molar-refractivity contribution in [3.63, 3.8) is 0 Å². The highest BCUT2D eigenvalue weighted by molar-refractivity contribution is 5.76. The van der Waals surface area contributed by atoms with Crippen molar-refractivity contribution in [1.82, 2.24) is 10.6 Å². The van der Waals surface area contributed by atoms with E-state index in [1.165, 1.54) is 0 Å². The number of nitrogens with one attached hydrogen (secondary N) is 2. The summed E-state index contributed by atoms with van der Waals surface area (Å²) in [6.45, 7) is 0.294. The molecule has 20 heavy (non-hydrogen) atoms. The standard InChI is InChI=1S/C14H20N2O4/c17-12(18)9-14(6-2-1-3-7-14)16-13(19)15-10-11-5-4-8-20-11/h4-5,8H,1-3,6-7,9-10H2,(H,17,18)(H2,15,16,19). The van der Waals surface area contributed by atoms with Crippen molar-refractivity contribution in [2.75, 3.05) is 0 Å². The van der Waals surface area contributed by atoms with Gasteiger partial charge in [-0.2, -0.15) is 0 Å². The molecule has 0 aliphatic heterocycles. The van der Waals surface area contributed by atoms with Crippen molar-refractivity contribution in [3.8, 4) is 0 Å². The summed E-state index contributed by atoms with van der Waals surface area (Å²) in [6.07, 6.45) is 5.94. The maximum Gasteiger partial charge on any atom is 0.315 e. The number of carboxylic acid groups (broad SMARTS) is 1. The van der Waals surface area contributed by atoms with Crippen LogP contribution in [0.3, 0.4) is 0 Å². The number of carbonyl (C=O) groups is 2. The highest BCUT2D eigenvalue weighted by Crippen LogP contribution is 2.31. The van der Waals surface area contributed by atoms with Gasteiger partial charge in [-0.15, -0.1) is 0 Å². The van der Waals surface area contributed by atoms with E-state index in [1.807, 2.05) is 0 Å². The lowest BCUT2D eigenvalue weighted by molar-refractivity contribution is -0.139. The Hall–Kier alpha value is -1.98. The maximum atomic E-state index is 11.9. The van der Waals surface area contributed by atoms with Gasteiger partial charge in [-0.3, -0.25) is 4.79 Å². The molecule has 1 fully saturated rings. The van der Waals surface area contributed by atoms with Crippen LogP contribution < -0.4 is 10.6 Å². The van der Waals surface area contributed by atoms with Gasteiger partial charge in [-0.25, -0.2) is 4.79 Å². The number of hydrogen-bond acceptors (Lipinski definition) is 3. The second-order valence-corrected chi connectivity index (χ2v) is 5.30. The third kappa shape index (κ3) is 4.01. The molecule has 0 radical (unpaired) electrons. The molecular weight excluding hydrogens is 260 g/mol. The van der Waals surface area contributed by atoms with E-state index < -0.39 is 11.5 Å². The first-order valence-electron chi connectivity index (χ1n) is 6.90. The molecule has 1 aliphatic rings. The molecule has 2 rings (SSSR count). The van der Waals surface area contributed by atoms with Gasteiger partial charge < -0.3 is 20.2 Å². The zero-order valence-corrected chi connectivity index (χ0v) is 11.4. The first-order valence-corrected chi connectivity index (χ1v) is 6.90. The van der Waals surface area contributed by atoms with E-state index in [-0.39, 0.29) is 12.5 Å². The molecule has 0 atom stereocenters. The summed E-state index contributed by atoms with van der Waals surface area (Å²) >= 11 is 0. The van der Waals surface area contributed by atoms with Crippen molar-refractivity contribution in [1.29, 1.82) is 0 Å². The third-order valence-corrected chi connectivity index (χ3v) is 3.68. The van der Waals surface area contributed by atoms with Crippen molar-refractivity contribution in [3.05, 3.63) is 24.2 Å². The zero-order valence-electron chi connectivity index (χ0n) is 11.4. The summed E-state index contributed by atoms with van der Waals surface area (Å²) in [4.78, 5) is 22.9. The van der Waals surface area contributed by atoms with Crippen LogP contribution in [0.5, 0.6) is 0 Å². The second kappa shape index (κ2) is 6.45. The fourth-order valence-electron chi connectivity index (χ4n) is 2.73. The fourth-order valence-corrected chi connectivity index (χ4v) is 2.73. The number of urea groups is 1. The van der Waals surface area contributed by atoms with Crippen LogP contribution in [0.4, 0.5) is 4.79 Å². The van der Waals surface area contributed by atoms with Gasteiger partial charge in [0.15, 0.2) is 0 Å². The quantitative estimate of drug-likeness (QED) is 0.771. The molecule has 2 amide bonds. The van der Waals surface area contributed by atoms with Crippen LogP contribution in [0.25, 0.3) is 0 Å². The van der Waals surface area contributed by atoms with Gasteiger partial charge in [0.25, 0.3) is 0 Å². The van der Waals surface area contributed by atoms with Crippen LogP contribution >= 0.6 is 0 Å². The lowest BCUT2D eigenvalue weighted by atomic mass is 9.79. The Kier molecular flexibility index (Phi) is 4.65. The van der Waals surface area contributed by atoms with E-state index in [1.54, 1.807) is 18.4 Å². The normalized spacial score (nSPS) is 17.4. The van der Waals surface area contributed by atoms with Crippen molar-refractivity contribution in [2.45, 2.75) is 50.6 Å². The van der Waals surface area contributed by atoms with Crippen LogP contribution in [-0.2, 0) is 11.3 Å². The summed E-state index contributed by atoms with van der Waals surface area (Å²) < 4.78 is 5.13. The molecule has 1 aromatic rings. The molecule has 0 aromatic carbocycles. The highest BCUT2D eigenvalue weighted by Gasteiger charge is 2.35. The van der Waals surface area contributed by atoms with Crippen molar-refractivity contribution < 1.29 is 19.1 Å². The number of furan rings is 1. The zero-order chi connectivity index (χ0) is 14.4. The third-order valence-electron chi connectivity index (χ3n) is 3.68. The molecular formula is C14H20N2O4. The average molecular weight is 280 g/mol. The Labute approximate surface area is 117 Å². The lowest BCUT2D eigenvalue weighted by Crippen LogP contribution is -2.54. The largest absolute Gasteiger partial charge is 0.481 e. The molecule has 3 N–H and O–H groups in total. The molecule has 1 aliphatic carbocycles. The number of carbonyl (C=O) groups excluding carboxylic acids is 1. The number of amides is 2. The van der Waals surface area contributed by atoms with Gasteiger partial charge in [0, 0.05) is 0 Å². The summed E-state index contributed by atoms with van der Waals surface area (Å²) in [7, 11) is 0. The SMILES string of the molecule is O=C(O)CC1(NC(=O)NCc2ccco2)CCCCC1. The number of rotatable bonds is 5. The summed E-state index contributed by atoms with van der Waals surface area (Å²) in [5, 5.41) is 14.6. The molecule has 6 nitrogen and oxygen atoms in total. The van der Waals surface area contributed by atoms with Crippen LogP contribution in [0.2, 0.25) is 0 Å². The Balaban J connectivity index is 1.89. The van der Waals surface area contributed by atoms with Gasteiger partial charge in [-0.1, -0.05) is 19.3 Å². The van der Waals surface area contributed by atoms with Crippen LogP contribution in [-0.4, -0.2) is 22.6 Å². The minimum Gasteiger partial charge on any atom is -0.481 e. The average Bonchev–Trinajstić information content (AvgIpc) is 2.89. The minimum atomic E-state index is -0.877. The molecule has 0 saturated heterocycles. The van der Waals surface area contributed by atoms with Crippen molar-refractivity contribution in [2.24, 2.45) is 0 Å². The second-order valence-electron chi connectivity index (χ2n) is 5.30. The van der Waals surface area contributed by atoms with Gasteiger partial charge in [0.2, 0.25) is 0 Å². The fraction of sp³-hybridized carbons (Fsp3) is 0.571. The minimum absolute atomic E-state index is 0.0266. The van der Waals surface area contributed by atoms with E-state index in [4.69, 9.17) is 9.52 Å². The molecule has 1 saturated carbocycles. The Morgan fingerprint density at radius 3 is 2.65 bits per heavy atom. The maximum absolute atomic E-state index is 11.9. The van der Waals surface area contributed by atoms with E-state index >= 15 is 0 Å². The Bertz CT molecular complexity index is 450. The molecule has 1 heterocycles. The van der Waals surface area contributed by atoms with Gasteiger partial charge in [0.05, 0.1) is 24.8 Å². The van der Waals surface area contributed by atoms with E-state index in [0.717, 1.165) is 19.3 Å². The van der Waals surface area contributed by atoms with Crippen molar-refractivity contribution >= 4 is 12.0 Å². The molecule has 110 valence electrons. The van der Waals surface area contributed by atoms with Gasteiger partial charge >= 0.3 is 12.0 Å². The summed E-state index contributed by atoms with van der Waals surface area (Å²) in [5.74, 6) is -0.214. The number of carboxylic acids is 1. The first-order chi connectivity index (χ1) is 9.60. The molecule has 1 aromatic heterocycles. The smallest absolute Gasteiger partial charge is 0.315 e. The number of aliphatic carboxylic acids is 1. The number of hydrogen-bond donors (Lipinski definition) is 3. The highest BCUT2D eigenvalue weighted by atomic mass is 16.4. The monoisotopic (exact) mass is 280 g/mol. The molecule has 0 bridgehead atoms. The Morgan fingerprint density at radius 2 is 2.05 bits per heavy atom. The van der Waals surface area contributed by atoms with E-state index in [2.05, 4.69) is 10.6 Å². The molecule has 0 spiro atoms. The first kappa shape index (κ1) is 14.4. The summed E-state index contributed by atoms with van der Waals surface area (Å²) in [5.41, 5.74) is -0.614. The molecule has 0 unspecified atom stereocenters. The molecule has 6 heteroatoms. The predicted octanol–water partition coefficient (Wildman–Crippen LogP) is 2.26. The Morgan fingerprint density at radius 1 is 1.30 bits per heavy atom. The van der Waals surface area contributed by atoms with Crippen LogP contribution in [0, 0.1) is 0 Å². The van der Waals surface area contributed by atoms with E-state index in [9.17, 15) is 9.59 Å². The van der Waals surface area contributed by atoms with Gasteiger partial charge in [0.1, 0.15) is 5.76 Å². The van der Waals surface area contributed by atoms with E-state index in [0.29, 0.717) is 25.1 Å². The topological polar surface area (TPSA) is 91.6 Å². The summed E-state index contributed by atoms with van der Waals surface area (Å²) in [6, 6.07) is 3.18. The van der Waals surface area contributed by atoms with Crippen LogP contribution in [0.1, 0.15) is 44.3 Å².